The van der Waals surface area contributed by atoms with Gasteiger partial charge in [-0.25, -0.2) is 5.90 Å². The second-order valence-electron chi connectivity index (χ2n) is 2.43. The molecule has 0 aliphatic rings. The van der Waals surface area contributed by atoms with Crippen molar-refractivity contribution in [3.63, 3.8) is 0 Å². The quantitative estimate of drug-likeness (QED) is 0.430. The van der Waals surface area contributed by atoms with E-state index >= 15 is 0 Å². The Balaban J connectivity index is 2.85. The Bertz CT molecular complexity index is 106. The van der Waals surface area contributed by atoms with Gasteiger partial charge in [-0.2, -0.15) is 0 Å². The fourth-order valence-corrected chi connectivity index (χ4v) is 0.815. The molecule has 0 saturated carbocycles. The maximum Gasteiger partial charge on any atom is 0.303 e. The van der Waals surface area contributed by atoms with Crippen molar-refractivity contribution in [1.82, 2.24) is 0 Å². The summed E-state index contributed by atoms with van der Waals surface area (Å²) in [7, 11) is 0. The molecule has 0 heterocycles. The minimum absolute atomic E-state index is 0.267. The zero-order chi connectivity index (χ0) is 8.53. The molecule has 4 heteroatoms. The molecule has 11 heavy (non-hydrogen) atoms. The van der Waals surface area contributed by atoms with Crippen molar-refractivity contribution in [3.8, 4) is 0 Å². The van der Waals surface area contributed by atoms with Crippen molar-refractivity contribution in [3.05, 3.63) is 0 Å². The van der Waals surface area contributed by atoms with Crippen LogP contribution in [0.1, 0.15) is 32.1 Å². The highest BCUT2D eigenvalue weighted by Crippen LogP contribution is 2.02. The Morgan fingerprint density at radius 1 is 1.27 bits per heavy atom. The van der Waals surface area contributed by atoms with Gasteiger partial charge in [-0.15, -0.1) is 0 Å². The number of carbonyl (C=O) groups is 1. The van der Waals surface area contributed by atoms with E-state index in [1.54, 1.807) is 0 Å². The summed E-state index contributed by atoms with van der Waals surface area (Å²) < 4.78 is 0. The van der Waals surface area contributed by atoms with E-state index in [9.17, 15) is 4.79 Å². The number of hydrogen-bond acceptors (Lipinski definition) is 3. The maximum absolute atomic E-state index is 10.0. The first-order valence-electron chi connectivity index (χ1n) is 3.81. The van der Waals surface area contributed by atoms with Crippen molar-refractivity contribution in [2.75, 3.05) is 6.61 Å². The maximum atomic E-state index is 10.0. The SMILES string of the molecule is NOCCCCCCC(=O)O. The van der Waals surface area contributed by atoms with Gasteiger partial charge in [0.1, 0.15) is 0 Å². The van der Waals surface area contributed by atoms with Crippen LogP contribution in [-0.4, -0.2) is 17.7 Å². The van der Waals surface area contributed by atoms with E-state index in [0.717, 1.165) is 25.7 Å². The molecule has 4 nitrogen and oxygen atoms in total. The molecule has 66 valence electrons. The van der Waals surface area contributed by atoms with E-state index in [1.165, 1.54) is 0 Å². The van der Waals surface area contributed by atoms with Crippen LogP contribution >= 0.6 is 0 Å². The molecule has 0 unspecified atom stereocenters. The summed E-state index contributed by atoms with van der Waals surface area (Å²) in [5.74, 6) is 4.08. The lowest BCUT2D eigenvalue weighted by atomic mass is 10.1. The van der Waals surface area contributed by atoms with Gasteiger partial charge in [0.05, 0.1) is 6.61 Å². The van der Waals surface area contributed by atoms with Crippen LogP contribution in [-0.2, 0) is 9.63 Å². The minimum Gasteiger partial charge on any atom is -0.481 e. The predicted octanol–water partition coefficient (Wildman–Crippen LogP) is 0.912. The molecule has 0 spiro atoms. The van der Waals surface area contributed by atoms with Gasteiger partial charge in [0, 0.05) is 6.42 Å². The summed E-state index contributed by atoms with van der Waals surface area (Å²) in [5, 5.41) is 8.27. The van der Waals surface area contributed by atoms with Crippen LogP contribution in [0, 0.1) is 0 Å². The lowest BCUT2D eigenvalue weighted by molar-refractivity contribution is -0.137. The smallest absolute Gasteiger partial charge is 0.303 e. The zero-order valence-electron chi connectivity index (χ0n) is 6.58. The molecular formula is C7H15NO3. The van der Waals surface area contributed by atoms with E-state index in [-0.39, 0.29) is 6.42 Å². The number of hydrogen-bond donors (Lipinski definition) is 2. The Labute approximate surface area is 66.3 Å². The van der Waals surface area contributed by atoms with Gasteiger partial charge < -0.3 is 9.94 Å². The molecule has 0 saturated heterocycles. The first-order valence-corrected chi connectivity index (χ1v) is 3.81. The highest BCUT2D eigenvalue weighted by Gasteiger charge is 1.95. The van der Waals surface area contributed by atoms with E-state index in [1.807, 2.05) is 0 Å². The normalized spacial score (nSPS) is 9.91. The van der Waals surface area contributed by atoms with Crippen LogP contribution < -0.4 is 5.90 Å². The first-order chi connectivity index (χ1) is 5.27. The third-order valence-corrected chi connectivity index (χ3v) is 1.40. The van der Waals surface area contributed by atoms with Gasteiger partial charge in [-0.1, -0.05) is 12.8 Å². The molecule has 0 radical (unpaired) electrons. The third kappa shape index (κ3) is 9.39. The average Bonchev–Trinajstić information content (AvgIpc) is 1.96. The Hall–Kier alpha value is -0.610. The standard InChI is InChI=1S/C7H15NO3/c8-11-6-4-2-1-3-5-7(9)10/h1-6,8H2,(H,9,10). The Kier molecular flexibility index (Phi) is 7.08. The zero-order valence-corrected chi connectivity index (χ0v) is 6.58. The lowest BCUT2D eigenvalue weighted by Gasteiger charge is -1.97. The number of carboxylic acid groups (broad SMARTS) is 1. The molecule has 0 aromatic rings. The van der Waals surface area contributed by atoms with Crippen molar-refractivity contribution in [2.45, 2.75) is 32.1 Å². The molecular weight excluding hydrogens is 146 g/mol. The lowest BCUT2D eigenvalue weighted by Crippen LogP contribution is -2.00. The fraction of sp³-hybridized carbons (Fsp3) is 0.857. The van der Waals surface area contributed by atoms with E-state index < -0.39 is 5.97 Å². The predicted molar refractivity (Wildman–Crippen MR) is 40.9 cm³/mol. The highest BCUT2D eigenvalue weighted by molar-refractivity contribution is 5.66. The van der Waals surface area contributed by atoms with E-state index in [0.29, 0.717) is 6.61 Å². The van der Waals surface area contributed by atoms with Gasteiger partial charge >= 0.3 is 5.97 Å². The number of aliphatic carboxylic acids is 1. The van der Waals surface area contributed by atoms with E-state index in [2.05, 4.69) is 4.84 Å². The third-order valence-electron chi connectivity index (χ3n) is 1.40. The number of unbranched alkanes of at least 4 members (excludes halogenated alkanes) is 3. The van der Waals surface area contributed by atoms with Crippen molar-refractivity contribution in [1.29, 1.82) is 0 Å². The molecule has 0 fully saturated rings. The molecule has 0 aliphatic carbocycles. The second kappa shape index (κ2) is 7.50. The van der Waals surface area contributed by atoms with Crippen LogP contribution in [0.5, 0.6) is 0 Å². The van der Waals surface area contributed by atoms with Crippen LogP contribution in [0.4, 0.5) is 0 Å². The minimum atomic E-state index is -0.722. The molecule has 0 atom stereocenters. The van der Waals surface area contributed by atoms with Crippen LogP contribution in [0.15, 0.2) is 0 Å². The summed E-state index contributed by atoms with van der Waals surface area (Å²) in [6.45, 7) is 0.563. The van der Waals surface area contributed by atoms with Gasteiger partial charge in [-0.3, -0.25) is 4.79 Å². The van der Waals surface area contributed by atoms with Gasteiger partial charge in [0.25, 0.3) is 0 Å². The van der Waals surface area contributed by atoms with Crippen molar-refractivity contribution in [2.24, 2.45) is 5.90 Å². The second-order valence-corrected chi connectivity index (χ2v) is 2.43. The number of carboxylic acids is 1. The molecule has 0 bridgehead atoms. The first kappa shape index (κ1) is 10.4. The van der Waals surface area contributed by atoms with Crippen molar-refractivity contribution < 1.29 is 14.7 Å². The molecule has 0 aromatic heterocycles. The van der Waals surface area contributed by atoms with Gasteiger partial charge in [0.2, 0.25) is 0 Å². The van der Waals surface area contributed by atoms with Gasteiger partial charge in [-0.05, 0) is 12.8 Å². The molecule has 3 N–H and O–H groups in total. The molecule has 0 aromatic carbocycles. The summed E-state index contributed by atoms with van der Waals surface area (Å²) in [5.41, 5.74) is 0. The van der Waals surface area contributed by atoms with Crippen LogP contribution in [0.3, 0.4) is 0 Å². The summed E-state index contributed by atoms with van der Waals surface area (Å²) >= 11 is 0. The van der Waals surface area contributed by atoms with Crippen molar-refractivity contribution >= 4 is 5.97 Å². The highest BCUT2D eigenvalue weighted by atomic mass is 16.6. The Morgan fingerprint density at radius 3 is 2.45 bits per heavy atom. The molecule has 0 amide bonds. The van der Waals surface area contributed by atoms with Crippen LogP contribution in [0.2, 0.25) is 0 Å². The monoisotopic (exact) mass is 161 g/mol. The molecule has 0 aliphatic heterocycles. The largest absolute Gasteiger partial charge is 0.481 e. The van der Waals surface area contributed by atoms with Gasteiger partial charge in [0.15, 0.2) is 0 Å². The number of nitrogens with two attached hydrogens (primary N) is 1. The van der Waals surface area contributed by atoms with Crippen LogP contribution in [0.25, 0.3) is 0 Å². The summed E-state index contributed by atoms with van der Waals surface area (Å²) in [6.07, 6.45) is 3.86. The van der Waals surface area contributed by atoms with E-state index in [4.69, 9.17) is 11.0 Å². The number of rotatable bonds is 7. The summed E-state index contributed by atoms with van der Waals surface area (Å²) in [4.78, 5) is 14.4. The Morgan fingerprint density at radius 2 is 1.91 bits per heavy atom. The topological polar surface area (TPSA) is 72.5 Å². The average molecular weight is 161 g/mol. The molecule has 0 rings (SSSR count). The fourth-order valence-electron chi connectivity index (χ4n) is 0.815. The summed E-state index contributed by atoms with van der Waals surface area (Å²) in [6, 6.07) is 0.